The third-order valence-corrected chi connectivity index (χ3v) is 2.75. The fraction of sp³-hybridized carbons (Fsp3) is 0.143. The van der Waals surface area contributed by atoms with E-state index in [2.05, 4.69) is 11.8 Å². The topological polar surface area (TPSA) is 55.3 Å². The van der Waals surface area contributed by atoms with Gasteiger partial charge < -0.3 is 16.4 Å². The van der Waals surface area contributed by atoms with Crippen LogP contribution in [0.1, 0.15) is 6.92 Å². The van der Waals surface area contributed by atoms with Crippen molar-refractivity contribution < 1.29 is 0 Å². The molecule has 0 aromatic heterocycles. The van der Waals surface area contributed by atoms with Gasteiger partial charge in [0.25, 0.3) is 0 Å². The Morgan fingerprint density at radius 1 is 0.941 bits per heavy atom. The summed E-state index contributed by atoms with van der Waals surface area (Å²) in [7, 11) is 0. The monoisotopic (exact) mass is 227 g/mol. The molecule has 2 aromatic carbocycles. The van der Waals surface area contributed by atoms with Gasteiger partial charge in [0.1, 0.15) is 0 Å². The van der Waals surface area contributed by atoms with Crippen molar-refractivity contribution in [3.8, 4) is 0 Å². The van der Waals surface area contributed by atoms with Crippen LogP contribution < -0.4 is 16.4 Å². The first kappa shape index (κ1) is 11.3. The lowest BCUT2D eigenvalue weighted by Crippen LogP contribution is -2.17. The van der Waals surface area contributed by atoms with Gasteiger partial charge in [0.2, 0.25) is 0 Å². The van der Waals surface area contributed by atoms with Gasteiger partial charge in [-0.1, -0.05) is 12.1 Å². The molecule has 88 valence electrons. The first-order valence-corrected chi connectivity index (χ1v) is 5.70. The van der Waals surface area contributed by atoms with Crippen molar-refractivity contribution >= 4 is 22.7 Å². The molecular weight excluding hydrogens is 210 g/mol. The van der Waals surface area contributed by atoms with Crippen molar-refractivity contribution in [1.82, 2.24) is 0 Å². The Hall–Kier alpha value is -2.16. The smallest absolute Gasteiger partial charge is 0.0644 e. The number of nitrogen functional groups attached to an aromatic ring is 2. The zero-order chi connectivity index (χ0) is 12.3. The van der Waals surface area contributed by atoms with Crippen molar-refractivity contribution in [3.63, 3.8) is 0 Å². The van der Waals surface area contributed by atoms with Crippen LogP contribution in [0.4, 0.5) is 22.7 Å². The van der Waals surface area contributed by atoms with E-state index in [-0.39, 0.29) is 0 Å². The van der Waals surface area contributed by atoms with Gasteiger partial charge in [-0.05, 0) is 43.3 Å². The minimum atomic E-state index is 0.769. The minimum absolute atomic E-state index is 0.769. The standard InChI is InChI=1S/C14H17N3/c1-2-17(12-9-7-11(15)8-10-12)14-6-4-3-5-13(14)16/h3-10H,2,15-16H2,1H3. The van der Waals surface area contributed by atoms with Crippen molar-refractivity contribution in [2.45, 2.75) is 6.92 Å². The number of nitrogens with two attached hydrogens (primary N) is 2. The molecule has 0 aliphatic carbocycles. The van der Waals surface area contributed by atoms with Crippen LogP contribution in [0.15, 0.2) is 48.5 Å². The minimum Gasteiger partial charge on any atom is -0.399 e. The van der Waals surface area contributed by atoms with Crippen LogP contribution in [0.25, 0.3) is 0 Å². The molecule has 3 heteroatoms. The third kappa shape index (κ3) is 2.33. The molecule has 2 rings (SSSR count). The zero-order valence-corrected chi connectivity index (χ0v) is 9.93. The maximum atomic E-state index is 6.00. The number of anilines is 4. The molecule has 0 aliphatic rings. The van der Waals surface area contributed by atoms with E-state index in [4.69, 9.17) is 11.5 Å². The second-order valence-electron chi connectivity index (χ2n) is 3.89. The Morgan fingerprint density at radius 3 is 2.18 bits per heavy atom. The van der Waals surface area contributed by atoms with Gasteiger partial charge in [0, 0.05) is 17.9 Å². The molecule has 0 atom stereocenters. The van der Waals surface area contributed by atoms with Crippen LogP contribution in [0.5, 0.6) is 0 Å². The highest BCUT2D eigenvalue weighted by Gasteiger charge is 2.09. The van der Waals surface area contributed by atoms with E-state index in [1.807, 2.05) is 48.5 Å². The Labute approximate surface area is 102 Å². The molecule has 0 unspecified atom stereocenters. The van der Waals surface area contributed by atoms with Crippen molar-refractivity contribution in [2.24, 2.45) is 0 Å². The second kappa shape index (κ2) is 4.78. The maximum absolute atomic E-state index is 6.00. The molecule has 3 nitrogen and oxygen atoms in total. The zero-order valence-electron chi connectivity index (χ0n) is 9.93. The average Bonchev–Trinajstić information content (AvgIpc) is 2.35. The molecule has 0 bridgehead atoms. The normalized spacial score (nSPS) is 10.2. The second-order valence-corrected chi connectivity index (χ2v) is 3.89. The first-order valence-electron chi connectivity index (χ1n) is 5.70. The summed E-state index contributed by atoms with van der Waals surface area (Å²) in [6.45, 7) is 2.96. The lowest BCUT2D eigenvalue weighted by molar-refractivity contribution is 1.03. The molecule has 0 fully saturated rings. The Balaban J connectivity index is 2.40. The molecule has 4 N–H and O–H groups in total. The third-order valence-electron chi connectivity index (χ3n) is 2.75. The van der Waals surface area contributed by atoms with Crippen molar-refractivity contribution in [2.75, 3.05) is 22.9 Å². The van der Waals surface area contributed by atoms with Crippen LogP contribution in [0.3, 0.4) is 0 Å². The van der Waals surface area contributed by atoms with Gasteiger partial charge in [0.15, 0.2) is 0 Å². The van der Waals surface area contributed by atoms with Gasteiger partial charge in [-0.15, -0.1) is 0 Å². The SMILES string of the molecule is CCN(c1ccc(N)cc1)c1ccccc1N. The summed E-state index contributed by atoms with van der Waals surface area (Å²) in [6.07, 6.45) is 0. The average molecular weight is 227 g/mol. The van der Waals surface area contributed by atoms with Crippen LogP contribution in [0.2, 0.25) is 0 Å². The first-order chi connectivity index (χ1) is 8.22. The van der Waals surface area contributed by atoms with Crippen molar-refractivity contribution in [3.05, 3.63) is 48.5 Å². The quantitative estimate of drug-likeness (QED) is 0.792. The summed E-state index contributed by atoms with van der Waals surface area (Å²) in [4.78, 5) is 2.16. The summed E-state index contributed by atoms with van der Waals surface area (Å²) in [6, 6.07) is 15.7. The van der Waals surface area contributed by atoms with E-state index in [1.54, 1.807) is 0 Å². The molecular formula is C14H17N3. The van der Waals surface area contributed by atoms with Crippen molar-refractivity contribution in [1.29, 1.82) is 0 Å². The summed E-state index contributed by atoms with van der Waals surface area (Å²) in [5, 5.41) is 0. The number of nitrogens with zero attached hydrogens (tertiary/aromatic N) is 1. The van der Waals surface area contributed by atoms with E-state index >= 15 is 0 Å². The fourth-order valence-electron chi connectivity index (χ4n) is 1.88. The maximum Gasteiger partial charge on any atom is 0.0644 e. The molecule has 2 aromatic rings. The number of benzene rings is 2. The Bertz CT molecular complexity index is 491. The summed E-state index contributed by atoms with van der Waals surface area (Å²) >= 11 is 0. The number of para-hydroxylation sites is 2. The lowest BCUT2D eigenvalue weighted by Gasteiger charge is -2.24. The lowest BCUT2D eigenvalue weighted by atomic mass is 10.2. The summed E-state index contributed by atoms with van der Waals surface area (Å²) in [5.74, 6) is 0. The fourth-order valence-corrected chi connectivity index (χ4v) is 1.88. The molecule has 17 heavy (non-hydrogen) atoms. The van der Waals surface area contributed by atoms with Gasteiger partial charge in [-0.3, -0.25) is 0 Å². The van der Waals surface area contributed by atoms with Crippen LogP contribution >= 0.6 is 0 Å². The van der Waals surface area contributed by atoms with Gasteiger partial charge >= 0.3 is 0 Å². The highest BCUT2D eigenvalue weighted by atomic mass is 15.1. The van der Waals surface area contributed by atoms with Gasteiger partial charge in [-0.25, -0.2) is 0 Å². The van der Waals surface area contributed by atoms with E-state index in [0.29, 0.717) is 0 Å². The van der Waals surface area contributed by atoms with E-state index in [9.17, 15) is 0 Å². The Morgan fingerprint density at radius 2 is 1.59 bits per heavy atom. The molecule has 0 heterocycles. The Kier molecular flexibility index (Phi) is 3.19. The summed E-state index contributed by atoms with van der Waals surface area (Å²) < 4.78 is 0. The van der Waals surface area contributed by atoms with E-state index in [0.717, 1.165) is 29.3 Å². The highest BCUT2D eigenvalue weighted by molar-refractivity contribution is 5.75. The molecule has 0 amide bonds. The predicted octanol–water partition coefficient (Wildman–Crippen LogP) is 3.01. The molecule has 0 saturated carbocycles. The highest BCUT2D eigenvalue weighted by Crippen LogP contribution is 2.30. The van der Waals surface area contributed by atoms with Crippen LogP contribution in [-0.2, 0) is 0 Å². The number of hydrogen-bond acceptors (Lipinski definition) is 3. The molecule has 0 radical (unpaired) electrons. The number of rotatable bonds is 3. The van der Waals surface area contributed by atoms with Gasteiger partial charge in [0.05, 0.1) is 11.4 Å². The molecule has 0 aliphatic heterocycles. The van der Waals surface area contributed by atoms with Crippen LogP contribution in [0, 0.1) is 0 Å². The molecule has 0 spiro atoms. The number of hydrogen-bond donors (Lipinski definition) is 2. The van der Waals surface area contributed by atoms with E-state index < -0.39 is 0 Å². The molecule has 0 saturated heterocycles. The predicted molar refractivity (Wildman–Crippen MR) is 74.4 cm³/mol. The largest absolute Gasteiger partial charge is 0.399 e. The summed E-state index contributed by atoms with van der Waals surface area (Å²) in [5.41, 5.74) is 15.4. The van der Waals surface area contributed by atoms with Crippen LogP contribution in [-0.4, -0.2) is 6.54 Å². The van der Waals surface area contributed by atoms with E-state index in [1.165, 1.54) is 0 Å². The van der Waals surface area contributed by atoms with Gasteiger partial charge in [-0.2, -0.15) is 0 Å².